The zero-order valence-corrected chi connectivity index (χ0v) is 48.5. The average Bonchev–Trinajstić information content (AvgIpc) is 1.20. The fourth-order valence-electron chi connectivity index (χ4n) is 13.6. The van der Waals surface area contributed by atoms with Crippen LogP contribution in [0.5, 0.6) is 5.75 Å². The molecule has 400 valence electrons. The molecule has 4 atom stereocenters. The topological polar surface area (TPSA) is 22.2 Å². The number of hydrogen-bond donors (Lipinski definition) is 0. The molecule has 0 amide bonds. The molecular formula is C76H64N4OS. The molecule has 5 aliphatic rings. The van der Waals surface area contributed by atoms with Crippen LogP contribution in [0.15, 0.2) is 234 Å². The Morgan fingerprint density at radius 2 is 0.939 bits per heavy atom. The Morgan fingerprint density at radius 1 is 0.402 bits per heavy atom. The number of ether oxygens (including phenoxy) is 1. The molecule has 1 aliphatic carbocycles. The summed E-state index contributed by atoms with van der Waals surface area (Å²) in [5.41, 5.74) is 30.1. The third-order valence-corrected chi connectivity index (χ3v) is 18.8. The molecule has 0 radical (unpaired) electrons. The van der Waals surface area contributed by atoms with Crippen molar-refractivity contribution in [2.24, 2.45) is 5.92 Å². The maximum Gasteiger partial charge on any atom is 0.128 e. The van der Waals surface area contributed by atoms with Crippen molar-refractivity contribution in [2.75, 3.05) is 19.6 Å². The van der Waals surface area contributed by atoms with Gasteiger partial charge in [0.15, 0.2) is 0 Å². The van der Waals surface area contributed by atoms with Crippen molar-refractivity contribution in [3.8, 4) is 5.75 Å². The van der Waals surface area contributed by atoms with E-state index in [-0.39, 0.29) is 23.9 Å². The highest BCUT2D eigenvalue weighted by molar-refractivity contribution is 7.99. The van der Waals surface area contributed by atoms with E-state index in [9.17, 15) is 0 Å². The van der Waals surface area contributed by atoms with Crippen molar-refractivity contribution in [1.82, 2.24) is 0 Å². The van der Waals surface area contributed by atoms with E-state index in [2.05, 4.69) is 293 Å². The zero-order chi connectivity index (χ0) is 55.7. The van der Waals surface area contributed by atoms with Crippen LogP contribution in [-0.2, 0) is 0 Å². The van der Waals surface area contributed by atoms with Crippen LogP contribution in [0, 0.1) is 54.4 Å². The Morgan fingerprint density at radius 3 is 1.52 bits per heavy atom. The van der Waals surface area contributed by atoms with Crippen molar-refractivity contribution in [2.45, 2.75) is 83.1 Å². The van der Waals surface area contributed by atoms with E-state index in [1.165, 1.54) is 99.2 Å². The minimum Gasteiger partial charge on any atom is -0.485 e. The number of nitrogens with zero attached hydrogens (tertiary/aromatic N) is 4. The molecule has 5 nitrogen and oxygen atoms in total. The molecule has 10 aromatic rings. The Balaban J connectivity index is 1.00. The van der Waals surface area contributed by atoms with Crippen LogP contribution in [-0.4, -0.2) is 6.10 Å². The number of fused-ring (bicyclic) bond motifs is 8. The third kappa shape index (κ3) is 8.21. The first kappa shape index (κ1) is 50.0. The van der Waals surface area contributed by atoms with Gasteiger partial charge in [-0.25, -0.2) is 0 Å². The first-order valence-electron chi connectivity index (χ1n) is 28.9. The maximum atomic E-state index is 7.42. The van der Waals surface area contributed by atoms with Gasteiger partial charge in [0.05, 0.1) is 28.4 Å². The van der Waals surface area contributed by atoms with Gasteiger partial charge in [-0.05, 0) is 181 Å². The Kier molecular flexibility index (Phi) is 11.8. The largest absolute Gasteiger partial charge is 0.485 e. The molecule has 82 heavy (non-hydrogen) atoms. The molecule has 4 heterocycles. The van der Waals surface area contributed by atoms with Crippen molar-refractivity contribution in [1.29, 1.82) is 0 Å². The molecule has 0 saturated heterocycles. The molecule has 10 aromatic carbocycles. The lowest BCUT2D eigenvalue weighted by atomic mass is 9.69. The van der Waals surface area contributed by atoms with Crippen molar-refractivity contribution in [3.63, 3.8) is 0 Å². The molecule has 0 saturated carbocycles. The smallest absolute Gasteiger partial charge is 0.128 e. The molecule has 4 aliphatic heterocycles. The van der Waals surface area contributed by atoms with E-state index in [1.807, 2.05) is 11.8 Å². The summed E-state index contributed by atoms with van der Waals surface area (Å²) < 4.78 is 7.42. The summed E-state index contributed by atoms with van der Waals surface area (Å²) in [7, 11) is 0. The fraction of sp³-hybridized carbons (Fsp3) is 0.158. The van der Waals surface area contributed by atoms with Crippen LogP contribution in [0.2, 0.25) is 0 Å². The lowest BCUT2D eigenvalue weighted by Gasteiger charge is -2.48. The number of benzene rings is 10. The first-order chi connectivity index (χ1) is 39.9. The fourth-order valence-corrected chi connectivity index (χ4v) is 14.8. The predicted octanol–water partition coefficient (Wildman–Crippen LogP) is 21.0. The summed E-state index contributed by atoms with van der Waals surface area (Å²) in [6.45, 7) is 17.6. The van der Waals surface area contributed by atoms with Gasteiger partial charge < -0.3 is 24.3 Å². The highest BCUT2D eigenvalue weighted by Gasteiger charge is 2.48. The van der Waals surface area contributed by atoms with Crippen LogP contribution in [0.3, 0.4) is 0 Å². The lowest BCUT2D eigenvalue weighted by molar-refractivity contribution is 0.165. The van der Waals surface area contributed by atoms with E-state index in [1.54, 1.807) is 0 Å². The Hall–Kier alpha value is -8.97. The molecule has 0 bridgehead atoms. The van der Waals surface area contributed by atoms with Gasteiger partial charge >= 0.3 is 0 Å². The summed E-state index contributed by atoms with van der Waals surface area (Å²) in [4.78, 5) is 12.5. The second kappa shape index (κ2) is 19.4. The summed E-state index contributed by atoms with van der Waals surface area (Å²) in [5.74, 6) is 0.950. The van der Waals surface area contributed by atoms with Gasteiger partial charge in [0.25, 0.3) is 0 Å². The second-order valence-corrected chi connectivity index (χ2v) is 24.6. The molecule has 6 heteroatoms. The average molecular weight is 1080 g/mol. The highest BCUT2D eigenvalue weighted by Crippen LogP contribution is 2.65. The minimum absolute atomic E-state index is 0.000847. The van der Waals surface area contributed by atoms with Gasteiger partial charge in [0.1, 0.15) is 11.9 Å². The van der Waals surface area contributed by atoms with Gasteiger partial charge in [-0.3, -0.25) is 0 Å². The number of allylic oxidation sites excluding steroid dienone is 2. The number of rotatable bonds is 8. The molecule has 0 fully saturated rings. The number of aryl methyl sites for hydroxylation is 7. The minimum atomic E-state index is -0.156. The van der Waals surface area contributed by atoms with Crippen LogP contribution in [0.4, 0.5) is 68.2 Å². The van der Waals surface area contributed by atoms with Gasteiger partial charge in [-0.2, -0.15) is 0 Å². The van der Waals surface area contributed by atoms with Crippen LogP contribution >= 0.6 is 11.8 Å². The first-order valence-corrected chi connectivity index (χ1v) is 29.7. The molecule has 0 aromatic heterocycles. The Bertz CT molecular complexity index is 4180. The van der Waals surface area contributed by atoms with Crippen molar-refractivity contribution in [3.05, 3.63) is 291 Å². The number of anilines is 12. The molecule has 15 rings (SSSR count). The Labute approximate surface area is 487 Å². The maximum absolute atomic E-state index is 7.42. The monoisotopic (exact) mass is 1080 g/mol. The quantitative estimate of drug-likeness (QED) is 0.150. The van der Waals surface area contributed by atoms with Crippen LogP contribution < -0.4 is 24.3 Å². The summed E-state index contributed by atoms with van der Waals surface area (Å²) in [5, 5.41) is 0. The van der Waals surface area contributed by atoms with E-state index in [0.29, 0.717) is 0 Å². The van der Waals surface area contributed by atoms with Crippen molar-refractivity contribution >= 4 is 80.0 Å². The zero-order valence-electron chi connectivity index (χ0n) is 47.7. The van der Waals surface area contributed by atoms with E-state index >= 15 is 0 Å². The van der Waals surface area contributed by atoms with E-state index in [4.69, 9.17) is 4.74 Å². The number of para-hydroxylation sites is 1. The van der Waals surface area contributed by atoms with Crippen LogP contribution in [0.25, 0.3) is 0 Å². The lowest BCUT2D eigenvalue weighted by Crippen LogP contribution is -2.39. The normalized spacial score (nSPS) is 17.5. The van der Waals surface area contributed by atoms with E-state index < -0.39 is 0 Å². The van der Waals surface area contributed by atoms with Gasteiger partial charge in [0.2, 0.25) is 0 Å². The van der Waals surface area contributed by atoms with Gasteiger partial charge in [0, 0.05) is 84.5 Å². The molecule has 0 N–H and O–H groups in total. The van der Waals surface area contributed by atoms with Crippen LogP contribution in [0.1, 0.15) is 85.5 Å². The highest BCUT2D eigenvalue weighted by atomic mass is 32.2. The van der Waals surface area contributed by atoms with Gasteiger partial charge in [-0.15, -0.1) is 0 Å². The van der Waals surface area contributed by atoms with Crippen molar-refractivity contribution < 1.29 is 4.74 Å². The van der Waals surface area contributed by atoms with E-state index in [0.717, 1.165) is 56.9 Å². The second-order valence-electron chi connectivity index (χ2n) is 23.5. The summed E-state index contributed by atoms with van der Waals surface area (Å²) in [6, 6.07) is 75.9. The molecule has 4 unspecified atom stereocenters. The number of hydrogen-bond acceptors (Lipinski definition) is 6. The van der Waals surface area contributed by atoms with Gasteiger partial charge in [-0.1, -0.05) is 160 Å². The third-order valence-electron chi connectivity index (χ3n) is 17.7. The summed E-state index contributed by atoms with van der Waals surface area (Å²) >= 11 is 1.93. The standard InChI is InChI=1S/C76H64N4OS/c1-45-13-25-53(26-14-45)77(54-27-15-46(2)16-28-54)58-39-67-75-70(41-58)81-69-36-24-51(7)38-62(69)73(75)61-43-63-71(44-66(61)80(67)64-12-10-9-11-52(64)8)82-72-42-59(78(55-29-17-47(3)18-30-55)56-31-19-48(4)20-32-56)40-68-76(72)74(63)60-37-50(6)23-35-65(60)79(68)57-33-21-49(5)22-34-57/h9-44,62,69,73-74H,1-8H3. The summed E-state index contributed by atoms with van der Waals surface area (Å²) in [6.07, 6.45) is 6.90. The SMILES string of the molecule is CC1=CC2C(C=C1)Oc1cc(N(c3ccc(C)cc3)c3ccc(C)cc3)cc3c1C2c1cc2c(cc1N3c1ccccc1C)Sc1cc(N(c3ccc(C)cc3)c3ccc(C)cc3)cc3c1C2c1cc(C)ccc1N3c1ccc(C)cc1. The molecule has 0 spiro atoms. The predicted molar refractivity (Wildman–Crippen MR) is 342 cm³/mol. The molecular weight excluding hydrogens is 1020 g/mol.